The summed E-state index contributed by atoms with van der Waals surface area (Å²) in [6.07, 6.45) is 0. The molecule has 0 heterocycles. The predicted molar refractivity (Wildman–Crippen MR) is 83.3 cm³/mol. The highest BCUT2D eigenvalue weighted by Crippen LogP contribution is 2.37. The van der Waals surface area contributed by atoms with Gasteiger partial charge in [0.25, 0.3) is 0 Å². The van der Waals surface area contributed by atoms with E-state index in [-0.39, 0.29) is 28.0 Å². The first-order chi connectivity index (χ1) is 11.3. The molecule has 9 heteroatoms. The largest absolute Gasteiger partial charge is 0.446 e. The van der Waals surface area contributed by atoms with E-state index in [1.54, 1.807) is 0 Å². The summed E-state index contributed by atoms with van der Waals surface area (Å²) in [5.41, 5.74) is -3.93. The first-order valence-electron chi connectivity index (χ1n) is 6.60. The minimum Gasteiger partial charge on any atom is -0.392 e. The molecule has 0 saturated carbocycles. The van der Waals surface area contributed by atoms with Crippen molar-refractivity contribution in [3.8, 4) is 0 Å². The Balaban J connectivity index is 2.08. The van der Waals surface area contributed by atoms with Crippen molar-refractivity contribution in [2.75, 3.05) is 10.6 Å². The Bertz CT molecular complexity index is 738. The molecular weight excluding hydrogens is 348 g/mol. The highest BCUT2D eigenvalue weighted by Gasteiger charge is 2.29. The van der Waals surface area contributed by atoms with Crippen LogP contribution in [0.15, 0.2) is 47.4 Å². The van der Waals surface area contributed by atoms with E-state index in [0.29, 0.717) is 5.56 Å². The van der Waals surface area contributed by atoms with E-state index >= 15 is 0 Å². The number of hydrogen-bond acceptors (Lipinski definition) is 3. The average Bonchev–Trinajstić information content (AvgIpc) is 2.46. The lowest BCUT2D eigenvalue weighted by atomic mass is 10.2. The van der Waals surface area contributed by atoms with Crippen LogP contribution in [0.4, 0.5) is 33.7 Å². The second kappa shape index (κ2) is 7.54. The van der Waals surface area contributed by atoms with Crippen LogP contribution in [-0.4, -0.2) is 16.6 Å². The van der Waals surface area contributed by atoms with E-state index in [0.717, 1.165) is 18.2 Å². The summed E-state index contributed by atoms with van der Waals surface area (Å²) < 4.78 is 50.3. The first-order valence-corrected chi connectivity index (χ1v) is 7.41. The quantitative estimate of drug-likeness (QED) is 0.553. The zero-order valence-electron chi connectivity index (χ0n) is 12.0. The number of aliphatic hydroxyl groups is 1. The Labute approximate surface area is 138 Å². The minimum absolute atomic E-state index is 0.0656. The molecule has 2 amide bonds. The maximum absolute atomic E-state index is 13.2. The summed E-state index contributed by atoms with van der Waals surface area (Å²) in [7, 11) is 0. The van der Waals surface area contributed by atoms with E-state index in [2.05, 4.69) is 10.6 Å². The van der Waals surface area contributed by atoms with Gasteiger partial charge in [0.05, 0.1) is 12.3 Å². The number of aliphatic hydroxyl groups excluding tert-OH is 1. The Morgan fingerprint density at radius 1 is 1.12 bits per heavy atom. The molecule has 24 heavy (non-hydrogen) atoms. The van der Waals surface area contributed by atoms with Crippen molar-refractivity contribution in [3.63, 3.8) is 0 Å². The van der Waals surface area contributed by atoms with Crippen LogP contribution in [0.3, 0.4) is 0 Å². The molecule has 2 aromatic carbocycles. The van der Waals surface area contributed by atoms with Crippen LogP contribution < -0.4 is 10.6 Å². The molecule has 0 fully saturated rings. The van der Waals surface area contributed by atoms with Gasteiger partial charge in [0.1, 0.15) is 5.82 Å². The number of alkyl halides is 3. The zero-order chi connectivity index (χ0) is 17.7. The van der Waals surface area contributed by atoms with Crippen molar-refractivity contribution in [3.05, 3.63) is 53.8 Å². The van der Waals surface area contributed by atoms with Crippen LogP contribution >= 0.6 is 11.8 Å². The van der Waals surface area contributed by atoms with E-state index in [1.807, 2.05) is 0 Å². The highest BCUT2D eigenvalue weighted by molar-refractivity contribution is 8.00. The number of amides is 2. The van der Waals surface area contributed by atoms with Crippen molar-refractivity contribution in [1.29, 1.82) is 0 Å². The normalized spacial score (nSPS) is 11.2. The zero-order valence-corrected chi connectivity index (χ0v) is 12.8. The van der Waals surface area contributed by atoms with Gasteiger partial charge in [-0.05, 0) is 42.1 Å². The number of carbonyl (C=O) groups excluding carboxylic acids is 1. The van der Waals surface area contributed by atoms with Crippen molar-refractivity contribution >= 4 is 29.2 Å². The van der Waals surface area contributed by atoms with Gasteiger partial charge < -0.3 is 15.7 Å². The summed E-state index contributed by atoms with van der Waals surface area (Å²) >= 11 is -0.300. The van der Waals surface area contributed by atoms with Gasteiger partial charge >= 0.3 is 11.5 Å². The molecular formula is C15H12F4N2O2S. The van der Waals surface area contributed by atoms with Gasteiger partial charge in [0.2, 0.25) is 0 Å². The minimum atomic E-state index is -4.43. The Kier molecular flexibility index (Phi) is 5.68. The molecule has 0 aromatic heterocycles. The summed E-state index contributed by atoms with van der Waals surface area (Å²) in [5, 5.41) is 13.8. The second-order valence-corrected chi connectivity index (χ2v) is 5.75. The number of nitrogens with one attached hydrogen (secondary N) is 2. The number of carbonyl (C=O) groups is 1. The van der Waals surface area contributed by atoms with Gasteiger partial charge in [-0.25, -0.2) is 9.18 Å². The standard InChI is InChI=1S/C15H12F4N2O2S/c16-10-5-4-9(8-22)13(6-10)21-14(23)20-11-2-1-3-12(7-11)24-15(17,18)19/h1-7,22H,8H2,(H2,20,21,23). The number of benzene rings is 2. The molecule has 0 aliphatic rings. The Morgan fingerprint density at radius 3 is 2.54 bits per heavy atom. The first kappa shape index (κ1) is 18.1. The van der Waals surface area contributed by atoms with Crippen molar-refractivity contribution in [2.24, 2.45) is 0 Å². The van der Waals surface area contributed by atoms with E-state index < -0.39 is 24.0 Å². The number of urea groups is 1. The molecule has 128 valence electrons. The van der Waals surface area contributed by atoms with Crippen LogP contribution in [0.1, 0.15) is 5.56 Å². The third-order valence-electron chi connectivity index (χ3n) is 2.82. The fourth-order valence-corrected chi connectivity index (χ4v) is 2.46. The van der Waals surface area contributed by atoms with Crippen LogP contribution in [0, 0.1) is 5.82 Å². The van der Waals surface area contributed by atoms with E-state index in [9.17, 15) is 22.4 Å². The fourth-order valence-electron chi connectivity index (χ4n) is 1.86. The molecule has 2 rings (SSSR count). The fraction of sp³-hybridized carbons (Fsp3) is 0.133. The molecule has 0 bridgehead atoms. The van der Waals surface area contributed by atoms with E-state index in [4.69, 9.17) is 5.11 Å². The van der Waals surface area contributed by atoms with E-state index in [1.165, 1.54) is 24.3 Å². The molecule has 0 aliphatic heterocycles. The lowest BCUT2D eigenvalue weighted by molar-refractivity contribution is -0.0328. The molecule has 0 spiro atoms. The maximum atomic E-state index is 13.2. The number of halogens is 4. The van der Waals surface area contributed by atoms with Gasteiger partial charge in [0.15, 0.2) is 0 Å². The number of thioether (sulfide) groups is 1. The molecule has 0 radical (unpaired) electrons. The van der Waals surface area contributed by atoms with Gasteiger partial charge in [-0.2, -0.15) is 13.2 Å². The van der Waals surface area contributed by atoms with Crippen molar-refractivity contribution in [2.45, 2.75) is 17.0 Å². The van der Waals surface area contributed by atoms with Gasteiger partial charge in [-0.1, -0.05) is 12.1 Å². The smallest absolute Gasteiger partial charge is 0.392 e. The molecule has 0 aliphatic carbocycles. The summed E-state index contributed by atoms with van der Waals surface area (Å²) in [6, 6.07) is 7.90. The number of anilines is 2. The van der Waals surface area contributed by atoms with Crippen molar-refractivity contribution in [1.82, 2.24) is 0 Å². The van der Waals surface area contributed by atoms with Crippen LogP contribution in [0.2, 0.25) is 0 Å². The van der Waals surface area contributed by atoms with Gasteiger partial charge in [-0.3, -0.25) is 0 Å². The SMILES string of the molecule is O=C(Nc1cccc(SC(F)(F)F)c1)Nc1cc(F)ccc1CO. The average molecular weight is 360 g/mol. The van der Waals surface area contributed by atoms with Gasteiger partial charge in [0, 0.05) is 16.1 Å². The number of hydrogen-bond donors (Lipinski definition) is 3. The molecule has 3 N–H and O–H groups in total. The van der Waals surface area contributed by atoms with Crippen LogP contribution in [0.25, 0.3) is 0 Å². The lowest BCUT2D eigenvalue weighted by Gasteiger charge is -2.12. The summed E-state index contributed by atoms with van der Waals surface area (Å²) in [5.74, 6) is -0.605. The predicted octanol–water partition coefficient (Wildman–Crippen LogP) is 4.57. The Hall–Kier alpha value is -2.26. The molecule has 0 saturated heterocycles. The Morgan fingerprint density at radius 2 is 1.88 bits per heavy atom. The third-order valence-corrected chi connectivity index (χ3v) is 3.54. The molecule has 2 aromatic rings. The topological polar surface area (TPSA) is 61.4 Å². The lowest BCUT2D eigenvalue weighted by Crippen LogP contribution is -2.20. The molecule has 4 nitrogen and oxygen atoms in total. The highest BCUT2D eigenvalue weighted by atomic mass is 32.2. The summed E-state index contributed by atoms with van der Waals surface area (Å²) in [6.45, 7) is -0.409. The van der Waals surface area contributed by atoms with Crippen LogP contribution in [0.5, 0.6) is 0 Å². The molecule has 0 unspecified atom stereocenters. The number of rotatable bonds is 4. The van der Waals surface area contributed by atoms with Crippen LogP contribution in [-0.2, 0) is 6.61 Å². The second-order valence-electron chi connectivity index (χ2n) is 4.61. The van der Waals surface area contributed by atoms with Gasteiger partial charge in [-0.15, -0.1) is 0 Å². The molecule has 0 atom stereocenters. The van der Waals surface area contributed by atoms with Crippen molar-refractivity contribution < 1.29 is 27.5 Å². The summed E-state index contributed by atoms with van der Waals surface area (Å²) in [4.78, 5) is 11.8. The maximum Gasteiger partial charge on any atom is 0.446 e. The third kappa shape index (κ3) is 5.43. The monoisotopic (exact) mass is 360 g/mol.